The Kier molecular flexibility index (Phi) is 6.22. The number of benzene rings is 9. The fraction of sp³-hybridized carbons (Fsp3) is 0. The normalized spacial score (nSPS) is 12.5. The van der Waals surface area contributed by atoms with Gasteiger partial charge in [0.25, 0.3) is 0 Å². The predicted octanol–water partition coefficient (Wildman–Crippen LogP) is 14.4. The number of hydrogen-bond acceptors (Lipinski definition) is 2. The molecule has 10 rings (SSSR count). The molecule has 0 saturated carbocycles. The summed E-state index contributed by atoms with van der Waals surface area (Å²) in [5.74, 6) is 0. The number of rotatable bonds is 6. The lowest BCUT2D eigenvalue weighted by Crippen LogP contribution is -2.09. The van der Waals surface area contributed by atoms with Crippen molar-refractivity contribution in [2.45, 2.75) is 0 Å². The Hall–Kier alpha value is -6.90. The van der Waals surface area contributed by atoms with Crippen LogP contribution in [0.25, 0.3) is 76.9 Å². The van der Waals surface area contributed by atoms with E-state index >= 15 is 0 Å². The van der Waals surface area contributed by atoms with E-state index in [1.54, 1.807) is 0 Å². The summed E-state index contributed by atoms with van der Waals surface area (Å²) in [6, 6.07) is 58.2. The number of furan rings is 1. The molecule has 0 spiro atoms. The zero-order valence-electron chi connectivity index (χ0n) is 32.1. The maximum atomic E-state index is 9.46. The molecule has 2 heteroatoms. The molecule has 1 heterocycles. The van der Waals surface area contributed by atoms with Gasteiger partial charge < -0.3 is 9.32 Å². The first-order valence-corrected chi connectivity index (χ1v) is 17.4. The molecule has 2 nitrogen and oxygen atoms in total. The highest BCUT2D eigenvalue weighted by Crippen LogP contribution is 2.40. The van der Waals surface area contributed by atoms with Crippen molar-refractivity contribution in [1.29, 1.82) is 0 Å². The average Bonchev–Trinajstić information content (AvgIpc) is 3.64. The third-order valence-corrected chi connectivity index (χ3v) is 9.94. The second-order valence-corrected chi connectivity index (χ2v) is 13.0. The molecule has 0 atom stereocenters. The molecule has 1 aromatic heterocycles. The highest BCUT2D eigenvalue weighted by Gasteiger charge is 2.16. The Balaban J connectivity index is 1.13. The largest absolute Gasteiger partial charge is 0.455 e. The van der Waals surface area contributed by atoms with E-state index in [-0.39, 0.29) is 35.4 Å². The lowest BCUT2D eigenvalue weighted by atomic mass is 9.98. The topological polar surface area (TPSA) is 16.4 Å². The van der Waals surface area contributed by atoms with Crippen LogP contribution in [0.15, 0.2) is 205 Å². The van der Waals surface area contributed by atoms with Crippen LogP contribution in [-0.4, -0.2) is 0 Å². The van der Waals surface area contributed by atoms with Gasteiger partial charge in [-0.1, -0.05) is 152 Å². The van der Waals surface area contributed by atoms with Gasteiger partial charge >= 0.3 is 0 Å². The minimum absolute atomic E-state index is 0.0955. The van der Waals surface area contributed by atoms with Gasteiger partial charge in [0.2, 0.25) is 0 Å². The number of para-hydroxylation sites is 2. The molecule has 0 radical (unpaired) electrons. The Morgan fingerprint density at radius 2 is 0.923 bits per heavy atom. The quantitative estimate of drug-likeness (QED) is 0.175. The summed E-state index contributed by atoms with van der Waals surface area (Å²) in [4.78, 5) is 1.84. The fourth-order valence-electron chi connectivity index (χ4n) is 7.35. The van der Waals surface area contributed by atoms with E-state index in [0.29, 0.717) is 16.9 Å². The molecule has 0 saturated heterocycles. The van der Waals surface area contributed by atoms with Crippen molar-refractivity contribution >= 4 is 60.5 Å². The second kappa shape index (κ2) is 12.5. The van der Waals surface area contributed by atoms with Gasteiger partial charge in [-0.2, -0.15) is 0 Å². The van der Waals surface area contributed by atoms with E-state index in [9.17, 15) is 5.48 Å². The predicted molar refractivity (Wildman–Crippen MR) is 220 cm³/mol. The van der Waals surface area contributed by atoms with Crippen molar-refractivity contribution in [2.75, 3.05) is 4.90 Å². The summed E-state index contributed by atoms with van der Waals surface area (Å²) in [6.07, 6.45) is 0. The van der Waals surface area contributed by atoms with Crippen LogP contribution in [0, 0.1) is 0 Å². The summed E-state index contributed by atoms with van der Waals surface area (Å²) >= 11 is 0. The Bertz CT molecular complexity index is 3100. The SMILES string of the molecule is [2H]c1c([2H])c(N(c2ccc(-c3cccc4ccccc34)cc2)c2ccc(-c3cccc4c3oc3ccccc34)cc2)c([2H])c([2H])c1-c1ccc2ccccc2c1. The highest BCUT2D eigenvalue weighted by molar-refractivity contribution is 6.09. The maximum Gasteiger partial charge on any atom is 0.143 e. The van der Waals surface area contributed by atoms with Crippen molar-refractivity contribution in [3.05, 3.63) is 200 Å². The molecule has 0 unspecified atom stereocenters. The van der Waals surface area contributed by atoms with E-state index in [1.807, 2.05) is 120 Å². The summed E-state index contributed by atoms with van der Waals surface area (Å²) in [7, 11) is 0. The molecular formula is C50H33NO. The van der Waals surface area contributed by atoms with Crippen LogP contribution in [0.3, 0.4) is 0 Å². The van der Waals surface area contributed by atoms with Crippen molar-refractivity contribution < 1.29 is 9.90 Å². The fourth-order valence-corrected chi connectivity index (χ4v) is 7.35. The van der Waals surface area contributed by atoms with Crippen LogP contribution >= 0.6 is 0 Å². The number of hydrogen-bond donors (Lipinski definition) is 0. The van der Waals surface area contributed by atoms with Gasteiger partial charge in [-0.3, -0.25) is 0 Å². The maximum absolute atomic E-state index is 9.46. The van der Waals surface area contributed by atoms with Crippen LogP contribution in [0.2, 0.25) is 0 Å². The van der Waals surface area contributed by atoms with Gasteiger partial charge in [-0.15, -0.1) is 0 Å². The first kappa shape index (κ1) is 26.0. The molecular weight excluding hydrogens is 631 g/mol. The van der Waals surface area contributed by atoms with E-state index in [0.717, 1.165) is 65.7 Å². The van der Waals surface area contributed by atoms with Crippen molar-refractivity contribution in [1.82, 2.24) is 0 Å². The molecule has 0 fully saturated rings. The average molecular weight is 668 g/mol. The summed E-state index contributed by atoms with van der Waals surface area (Å²) in [5, 5.41) is 6.43. The number of anilines is 3. The molecule has 0 bridgehead atoms. The summed E-state index contributed by atoms with van der Waals surface area (Å²) < 4.78 is 43.9. The summed E-state index contributed by atoms with van der Waals surface area (Å²) in [6.45, 7) is 0. The van der Waals surface area contributed by atoms with Crippen molar-refractivity contribution in [3.8, 4) is 33.4 Å². The molecule has 0 aliphatic rings. The van der Waals surface area contributed by atoms with Gasteiger partial charge in [0, 0.05) is 33.4 Å². The highest BCUT2D eigenvalue weighted by atomic mass is 16.3. The van der Waals surface area contributed by atoms with Crippen LogP contribution in [-0.2, 0) is 0 Å². The van der Waals surface area contributed by atoms with Crippen LogP contribution in [0.5, 0.6) is 0 Å². The van der Waals surface area contributed by atoms with Gasteiger partial charge in [0.1, 0.15) is 11.2 Å². The van der Waals surface area contributed by atoms with E-state index in [4.69, 9.17) is 4.42 Å². The van der Waals surface area contributed by atoms with Gasteiger partial charge in [-0.05, 0) is 97.8 Å². The lowest BCUT2D eigenvalue weighted by molar-refractivity contribution is 0.670. The van der Waals surface area contributed by atoms with Crippen LogP contribution < -0.4 is 4.90 Å². The molecule has 9 aromatic carbocycles. The number of fused-ring (bicyclic) bond motifs is 5. The molecule has 0 aliphatic carbocycles. The first-order valence-electron chi connectivity index (χ1n) is 19.4. The molecule has 10 aromatic rings. The third-order valence-electron chi connectivity index (χ3n) is 9.94. The Morgan fingerprint density at radius 3 is 1.69 bits per heavy atom. The van der Waals surface area contributed by atoms with E-state index < -0.39 is 0 Å². The Labute approximate surface area is 308 Å². The monoisotopic (exact) mass is 667 g/mol. The van der Waals surface area contributed by atoms with Crippen molar-refractivity contribution in [3.63, 3.8) is 0 Å². The zero-order valence-corrected chi connectivity index (χ0v) is 28.1. The molecule has 52 heavy (non-hydrogen) atoms. The number of nitrogens with zero attached hydrogens (tertiary/aromatic N) is 1. The molecule has 244 valence electrons. The molecule has 0 N–H and O–H groups in total. The van der Waals surface area contributed by atoms with E-state index in [1.165, 1.54) is 0 Å². The van der Waals surface area contributed by atoms with Crippen LogP contribution in [0.1, 0.15) is 5.48 Å². The lowest BCUT2D eigenvalue weighted by Gasteiger charge is -2.26. The third kappa shape index (κ3) is 5.21. The smallest absolute Gasteiger partial charge is 0.143 e. The minimum atomic E-state index is -0.122. The minimum Gasteiger partial charge on any atom is -0.455 e. The molecule has 0 amide bonds. The zero-order chi connectivity index (χ0) is 37.9. The summed E-state index contributed by atoms with van der Waals surface area (Å²) in [5.41, 5.74) is 8.19. The standard InChI is InChI=1S/C50H33NO/c1-2-11-39-33-40(20-19-34(39)9-1)35-21-27-41(28-22-35)51(42-29-23-37(24-30-42)45-15-7-12-36-10-3-4-13-44(36)45)43-31-25-38(26-32-43)46-16-8-17-48-47-14-5-6-18-49(47)52-50(46)48/h1-33H/i21D,22D,27D,28D. The van der Waals surface area contributed by atoms with Crippen LogP contribution in [0.4, 0.5) is 17.1 Å². The second-order valence-electron chi connectivity index (χ2n) is 13.0. The van der Waals surface area contributed by atoms with E-state index in [2.05, 4.69) is 60.7 Å². The van der Waals surface area contributed by atoms with Gasteiger partial charge in [0.15, 0.2) is 0 Å². The van der Waals surface area contributed by atoms with Crippen molar-refractivity contribution in [2.24, 2.45) is 0 Å². The molecule has 0 aliphatic heterocycles. The first-order chi connectivity index (χ1) is 27.4. The van der Waals surface area contributed by atoms with Gasteiger partial charge in [0.05, 0.1) is 5.48 Å². The van der Waals surface area contributed by atoms with Gasteiger partial charge in [-0.25, -0.2) is 0 Å². The Morgan fingerprint density at radius 1 is 0.365 bits per heavy atom.